The minimum absolute atomic E-state index is 0.0323. The molecule has 15 heavy (non-hydrogen) atoms. The summed E-state index contributed by atoms with van der Waals surface area (Å²) >= 11 is 0. The molecular formula is C13H18O2. The largest absolute Gasteiger partial charge is 0.497 e. The zero-order valence-corrected chi connectivity index (χ0v) is 9.62. The van der Waals surface area contributed by atoms with E-state index >= 15 is 0 Å². The number of ether oxygens (including phenoxy) is 2. The van der Waals surface area contributed by atoms with Crippen molar-refractivity contribution in [3.8, 4) is 5.75 Å². The van der Waals surface area contributed by atoms with Crippen LogP contribution in [-0.4, -0.2) is 12.7 Å². The van der Waals surface area contributed by atoms with Gasteiger partial charge in [0.25, 0.3) is 0 Å². The van der Waals surface area contributed by atoms with Crippen molar-refractivity contribution in [3.63, 3.8) is 0 Å². The normalized spacial score (nSPS) is 24.1. The van der Waals surface area contributed by atoms with E-state index in [9.17, 15) is 0 Å². The molecule has 82 valence electrons. The SMILES string of the molecule is COc1ccc([C@@H]2CCC(C)(C)O2)cc1. The van der Waals surface area contributed by atoms with Gasteiger partial charge in [-0.25, -0.2) is 0 Å². The number of methoxy groups -OCH3 is 1. The molecule has 0 bridgehead atoms. The molecule has 0 amide bonds. The molecule has 0 unspecified atom stereocenters. The maximum atomic E-state index is 5.97. The highest BCUT2D eigenvalue weighted by molar-refractivity contribution is 5.29. The van der Waals surface area contributed by atoms with Crippen molar-refractivity contribution in [3.05, 3.63) is 29.8 Å². The van der Waals surface area contributed by atoms with Crippen molar-refractivity contribution in [2.24, 2.45) is 0 Å². The molecule has 0 spiro atoms. The third kappa shape index (κ3) is 2.32. The van der Waals surface area contributed by atoms with Gasteiger partial charge in [0.05, 0.1) is 18.8 Å². The molecule has 0 aliphatic carbocycles. The first-order chi connectivity index (χ1) is 7.11. The highest BCUT2D eigenvalue weighted by atomic mass is 16.5. The van der Waals surface area contributed by atoms with Crippen molar-refractivity contribution in [1.82, 2.24) is 0 Å². The van der Waals surface area contributed by atoms with Gasteiger partial charge in [-0.3, -0.25) is 0 Å². The van der Waals surface area contributed by atoms with Crippen LogP contribution in [-0.2, 0) is 4.74 Å². The van der Waals surface area contributed by atoms with Crippen molar-refractivity contribution in [1.29, 1.82) is 0 Å². The van der Waals surface area contributed by atoms with E-state index in [0.717, 1.165) is 18.6 Å². The molecule has 1 saturated heterocycles. The smallest absolute Gasteiger partial charge is 0.118 e. The lowest BCUT2D eigenvalue weighted by Gasteiger charge is -2.19. The molecule has 1 heterocycles. The average Bonchev–Trinajstić information content (AvgIpc) is 2.59. The lowest BCUT2D eigenvalue weighted by molar-refractivity contribution is -0.0163. The van der Waals surface area contributed by atoms with Gasteiger partial charge in [-0.1, -0.05) is 12.1 Å². The third-order valence-electron chi connectivity index (χ3n) is 2.96. The summed E-state index contributed by atoms with van der Waals surface area (Å²) in [6.07, 6.45) is 2.49. The van der Waals surface area contributed by atoms with Crippen LogP contribution in [0.15, 0.2) is 24.3 Å². The van der Waals surface area contributed by atoms with E-state index in [2.05, 4.69) is 26.0 Å². The minimum Gasteiger partial charge on any atom is -0.497 e. The molecule has 0 radical (unpaired) electrons. The van der Waals surface area contributed by atoms with E-state index in [1.165, 1.54) is 5.56 Å². The maximum Gasteiger partial charge on any atom is 0.118 e. The fraction of sp³-hybridized carbons (Fsp3) is 0.538. The first-order valence-electron chi connectivity index (χ1n) is 5.42. The summed E-state index contributed by atoms with van der Waals surface area (Å²) < 4.78 is 11.1. The topological polar surface area (TPSA) is 18.5 Å². The van der Waals surface area contributed by atoms with Crippen molar-refractivity contribution < 1.29 is 9.47 Å². The monoisotopic (exact) mass is 206 g/mol. The molecule has 1 fully saturated rings. The maximum absolute atomic E-state index is 5.97. The van der Waals surface area contributed by atoms with Crippen LogP contribution < -0.4 is 4.74 Å². The van der Waals surface area contributed by atoms with E-state index in [0.29, 0.717) is 0 Å². The number of hydrogen-bond donors (Lipinski definition) is 0. The second-order valence-corrected chi connectivity index (χ2v) is 4.68. The Morgan fingerprint density at radius 2 is 1.93 bits per heavy atom. The highest BCUT2D eigenvalue weighted by Crippen LogP contribution is 2.39. The van der Waals surface area contributed by atoms with E-state index in [-0.39, 0.29) is 11.7 Å². The van der Waals surface area contributed by atoms with E-state index in [1.807, 2.05) is 12.1 Å². The Morgan fingerprint density at radius 1 is 1.27 bits per heavy atom. The summed E-state index contributed by atoms with van der Waals surface area (Å²) in [5, 5.41) is 0. The second kappa shape index (κ2) is 3.86. The third-order valence-corrected chi connectivity index (χ3v) is 2.96. The van der Waals surface area contributed by atoms with Gasteiger partial charge >= 0.3 is 0 Å². The Kier molecular flexibility index (Phi) is 2.70. The molecule has 1 aliphatic rings. The highest BCUT2D eigenvalue weighted by Gasteiger charge is 2.32. The minimum atomic E-state index is 0.0323. The summed E-state index contributed by atoms with van der Waals surface area (Å²) in [5.74, 6) is 0.899. The van der Waals surface area contributed by atoms with Crippen molar-refractivity contribution in [2.45, 2.75) is 38.4 Å². The first-order valence-corrected chi connectivity index (χ1v) is 5.42. The predicted octanol–water partition coefficient (Wildman–Crippen LogP) is 3.33. The zero-order valence-electron chi connectivity index (χ0n) is 9.62. The molecule has 1 aliphatic heterocycles. The molecular weight excluding hydrogens is 188 g/mol. The Balaban J connectivity index is 2.11. The number of benzene rings is 1. The molecule has 0 N–H and O–H groups in total. The summed E-state index contributed by atoms with van der Waals surface area (Å²) in [7, 11) is 1.68. The van der Waals surface area contributed by atoms with Gasteiger partial charge in [-0.05, 0) is 44.4 Å². The second-order valence-electron chi connectivity index (χ2n) is 4.68. The van der Waals surface area contributed by atoms with E-state index in [1.54, 1.807) is 7.11 Å². The Labute approximate surface area is 91.2 Å². The Hall–Kier alpha value is -1.02. The predicted molar refractivity (Wildman–Crippen MR) is 60.1 cm³/mol. The van der Waals surface area contributed by atoms with Crippen LogP contribution in [0.1, 0.15) is 38.4 Å². The van der Waals surface area contributed by atoms with Crippen molar-refractivity contribution in [2.75, 3.05) is 7.11 Å². The van der Waals surface area contributed by atoms with Gasteiger partial charge in [-0.15, -0.1) is 0 Å². The van der Waals surface area contributed by atoms with Crippen LogP contribution >= 0.6 is 0 Å². The van der Waals surface area contributed by atoms with E-state index in [4.69, 9.17) is 9.47 Å². The molecule has 0 aromatic heterocycles. The molecule has 2 nitrogen and oxygen atoms in total. The molecule has 2 rings (SSSR count). The number of hydrogen-bond acceptors (Lipinski definition) is 2. The Morgan fingerprint density at radius 3 is 2.40 bits per heavy atom. The van der Waals surface area contributed by atoms with Gasteiger partial charge < -0.3 is 9.47 Å². The summed E-state index contributed by atoms with van der Waals surface area (Å²) in [5.41, 5.74) is 1.28. The zero-order chi connectivity index (χ0) is 10.9. The molecule has 1 aromatic carbocycles. The van der Waals surface area contributed by atoms with Gasteiger partial charge in [-0.2, -0.15) is 0 Å². The van der Waals surface area contributed by atoms with Gasteiger partial charge in [0.2, 0.25) is 0 Å². The standard InChI is InChI=1S/C13H18O2/c1-13(2)9-8-12(15-13)10-4-6-11(14-3)7-5-10/h4-7,12H,8-9H2,1-3H3/t12-/m0/s1. The van der Waals surface area contributed by atoms with Crippen LogP contribution in [0.4, 0.5) is 0 Å². The quantitative estimate of drug-likeness (QED) is 0.739. The summed E-state index contributed by atoms with van der Waals surface area (Å²) in [6, 6.07) is 8.16. The number of rotatable bonds is 2. The molecule has 0 saturated carbocycles. The Bertz CT molecular complexity index is 327. The van der Waals surface area contributed by atoms with Crippen molar-refractivity contribution >= 4 is 0 Å². The van der Waals surface area contributed by atoms with Crippen LogP contribution in [0.25, 0.3) is 0 Å². The molecule has 1 atom stereocenters. The van der Waals surface area contributed by atoms with Gasteiger partial charge in [0, 0.05) is 0 Å². The molecule has 1 aromatic rings. The van der Waals surface area contributed by atoms with Crippen LogP contribution in [0.3, 0.4) is 0 Å². The van der Waals surface area contributed by atoms with Gasteiger partial charge in [0.15, 0.2) is 0 Å². The first kappa shape index (κ1) is 10.5. The molecule has 2 heteroatoms. The fourth-order valence-electron chi connectivity index (χ4n) is 2.03. The lowest BCUT2D eigenvalue weighted by Crippen LogP contribution is -2.17. The fourth-order valence-corrected chi connectivity index (χ4v) is 2.03. The van der Waals surface area contributed by atoms with Crippen LogP contribution in [0, 0.1) is 0 Å². The average molecular weight is 206 g/mol. The van der Waals surface area contributed by atoms with Gasteiger partial charge in [0.1, 0.15) is 5.75 Å². The lowest BCUT2D eigenvalue weighted by atomic mass is 10.0. The summed E-state index contributed by atoms with van der Waals surface area (Å²) in [4.78, 5) is 0. The van der Waals surface area contributed by atoms with Crippen LogP contribution in [0.5, 0.6) is 5.75 Å². The summed E-state index contributed by atoms with van der Waals surface area (Å²) in [6.45, 7) is 4.30. The van der Waals surface area contributed by atoms with Crippen LogP contribution in [0.2, 0.25) is 0 Å². The van der Waals surface area contributed by atoms with E-state index < -0.39 is 0 Å².